The first kappa shape index (κ1) is 36.8. The molecule has 63 heavy (non-hydrogen) atoms. The van der Waals surface area contributed by atoms with E-state index in [1.807, 2.05) is 0 Å². The first-order chi connectivity index (χ1) is 31.2. The third-order valence-corrected chi connectivity index (χ3v) is 13.6. The number of allylic oxidation sites excluding steroid dienone is 5. The SMILES string of the molecule is C=CC1=C(/C=C\C)C2(c3cc(N(c4cccc(-c5ccccc5-c5ccccc5)c4)c4ccc5c6ccccc6c6ccccc6c5c4)ccc31)c1ccccc1-c1ccccc12. The maximum absolute atomic E-state index is 4.43. The van der Waals surface area contributed by atoms with Crippen LogP contribution in [0, 0.1) is 0 Å². The summed E-state index contributed by atoms with van der Waals surface area (Å²) in [6.45, 7) is 6.56. The number of fused-ring (bicyclic) bond motifs is 13. The van der Waals surface area contributed by atoms with Gasteiger partial charge in [-0.2, -0.15) is 0 Å². The maximum atomic E-state index is 4.43. The zero-order chi connectivity index (χ0) is 42.1. The molecule has 0 saturated heterocycles. The predicted molar refractivity (Wildman–Crippen MR) is 268 cm³/mol. The van der Waals surface area contributed by atoms with Gasteiger partial charge in [0, 0.05) is 17.1 Å². The van der Waals surface area contributed by atoms with Gasteiger partial charge in [0.15, 0.2) is 0 Å². The van der Waals surface area contributed by atoms with Crippen LogP contribution in [-0.2, 0) is 5.41 Å². The van der Waals surface area contributed by atoms with Crippen molar-refractivity contribution >= 4 is 55.0 Å². The fraction of sp³-hybridized carbons (Fsp3) is 0.0323. The number of anilines is 3. The van der Waals surface area contributed by atoms with Crippen LogP contribution in [0.15, 0.2) is 243 Å². The van der Waals surface area contributed by atoms with E-state index in [1.165, 1.54) is 93.5 Å². The lowest BCUT2D eigenvalue weighted by Gasteiger charge is -2.33. The second-order valence-corrected chi connectivity index (χ2v) is 16.7. The molecule has 0 heterocycles. The molecule has 0 radical (unpaired) electrons. The highest BCUT2D eigenvalue weighted by Crippen LogP contribution is 2.63. The van der Waals surface area contributed by atoms with Gasteiger partial charge in [-0.05, 0) is 142 Å². The van der Waals surface area contributed by atoms with Crippen molar-refractivity contribution in [2.24, 2.45) is 0 Å². The summed E-state index contributed by atoms with van der Waals surface area (Å²) in [5, 5.41) is 7.55. The van der Waals surface area contributed by atoms with Gasteiger partial charge in [-0.3, -0.25) is 0 Å². The van der Waals surface area contributed by atoms with Crippen molar-refractivity contribution in [1.29, 1.82) is 0 Å². The molecule has 0 bridgehead atoms. The van der Waals surface area contributed by atoms with Crippen LogP contribution in [0.3, 0.4) is 0 Å². The predicted octanol–water partition coefficient (Wildman–Crippen LogP) is 16.8. The quantitative estimate of drug-likeness (QED) is 0.145. The highest BCUT2D eigenvalue weighted by molar-refractivity contribution is 6.25. The van der Waals surface area contributed by atoms with E-state index in [1.54, 1.807) is 0 Å². The van der Waals surface area contributed by atoms with Crippen LogP contribution in [0.25, 0.3) is 71.3 Å². The number of hydrogen-bond acceptors (Lipinski definition) is 1. The normalized spacial score (nSPS) is 13.5. The molecule has 0 fully saturated rings. The van der Waals surface area contributed by atoms with E-state index in [9.17, 15) is 0 Å². The molecule has 0 atom stereocenters. The van der Waals surface area contributed by atoms with Gasteiger partial charge < -0.3 is 4.90 Å². The largest absolute Gasteiger partial charge is 0.310 e. The van der Waals surface area contributed by atoms with Crippen LogP contribution in [0.4, 0.5) is 17.1 Å². The van der Waals surface area contributed by atoms with E-state index in [-0.39, 0.29) is 0 Å². The van der Waals surface area contributed by atoms with E-state index < -0.39 is 5.41 Å². The Bertz CT molecular complexity index is 3470. The average molecular weight is 802 g/mol. The molecule has 2 aliphatic rings. The van der Waals surface area contributed by atoms with Gasteiger partial charge >= 0.3 is 0 Å². The highest BCUT2D eigenvalue weighted by Gasteiger charge is 2.52. The highest BCUT2D eigenvalue weighted by atomic mass is 15.1. The van der Waals surface area contributed by atoms with Crippen molar-refractivity contribution in [2.75, 3.05) is 4.90 Å². The number of nitrogens with zero attached hydrogens (tertiary/aromatic N) is 1. The van der Waals surface area contributed by atoms with Crippen LogP contribution in [-0.4, -0.2) is 0 Å². The van der Waals surface area contributed by atoms with Crippen molar-refractivity contribution in [3.05, 3.63) is 265 Å². The second kappa shape index (κ2) is 14.6. The molecule has 0 unspecified atom stereocenters. The van der Waals surface area contributed by atoms with E-state index in [0.717, 1.165) is 22.6 Å². The molecule has 12 rings (SSSR count). The monoisotopic (exact) mass is 801 g/mol. The molecule has 10 aromatic rings. The molecule has 0 N–H and O–H groups in total. The van der Waals surface area contributed by atoms with Crippen LogP contribution < -0.4 is 4.90 Å². The van der Waals surface area contributed by atoms with Crippen LogP contribution >= 0.6 is 0 Å². The molecule has 1 heteroatoms. The summed E-state index contributed by atoms with van der Waals surface area (Å²) in [6, 6.07) is 78.4. The first-order valence-electron chi connectivity index (χ1n) is 21.9. The molecular weight excluding hydrogens is 759 g/mol. The lowest BCUT2D eigenvalue weighted by Crippen LogP contribution is -2.27. The first-order valence-corrected chi connectivity index (χ1v) is 21.9. The fourth-order valence-corrected chi connectivity index (χ4v) is 11.0. The number of benzene rings is 10. The average Bonchev–Trinajstić information content (AvgIpc) is 3.81. The van der Waals surface area contributed by atoms with Crippen molar-refractivity contribution in [2.45, 2.75) is 12.3 Å². The molecular formula is C62H43N. The summed E-state index contributed by atoms with van der Waals surface area (Å²) < 4.78 is 0. The molecule has 0 aliphatic heterocycles. The molecule has 10 aromatic carbocycles. The van der Waals surface area contributed by atoms with Crippen molar-refractivity contribution in [1.82, 2.24) is 0 Å². The fourth-order valence-electron chi connectivity index (χ4n) is 11.0. The minimum atomic E-state index is -0.519. The van der Waals surface area contributed by atoms with Gasteiger partial charge in [-0.1, -0.05) is 201 Å². The molecule has 0 amide bonds. The zero-order valence-electron chi connectivity index (χ0n) is 35.1. The molecule has 0 saturated carbocycles. The molecule has 1 nitrogen and oxygen atoms in total. The Kier molecular flexibility index (Phi) is 8.52. The van der Waals surface area contributed by atoms with Gasteiger partial charge in [0.05, 0.1) is 5.41 Å². The van der Waals surface area contributed by atoms with E-state index in [0.29, 0.717) is 0 Å². The Morgan fingerprint density at radius 1 is 0.381 bits per heavy atom. The minimum absolute atomic E-state index is 0.519. The van der Waals surface area contributed by atoms with Crippen LogP contribution in [0.1, 0.15) is 29.2 Å². The van der Waals surface area contributed by atoms with E-state index in [2.05, 4.69) is 249 Å². The summed E-state index contributed by atoms with van der Waals surface area (Å²) in [6.07, 6.45) is 6.57. The molecule has 1 spiro atoms. The summed E-state index contributed by atoms with van der Waals surface area (Å²) in [5.74, 6) is 0. The maximum Gasteiger partial charge on any atom is 0.0726 e. The minimum Gasteiger partial charge on any atom is -0.310 e. The van der Waals surface area contributed by atoms with Crippen molar-refractivity contribution < 1.29 is 0 Å². The lowest BCUT2D eigenvalue weighted by molar-refractivity contribution is 0.786. The Morgan fingerprint density at radius 2 is 0.873 bits per heavy atom. The van der Waals surface area contributed by atoms with Gasteiger partial charge in [0.1, 0.15) is 0 Å². The van der Waals surface area contributed by atoms with Crippen molar-refractivity contribution in [3.8, 4) is 33.4 Å². The van der Waals surface area contributed by atoms with Gasteiger partial charge in [0.2, 0.25) is 0 Å². The van der Waals surface area contributed by atoms with Crippen molar-refractivity contribution in [3.63, 3.8) is 0 Å². The Morgan fingerprint density at radius 3 is 1.51 bits per heavy atom. The summed E-state index contributed by atoms with van der Waals surface area (Å²) in [7, 11) is 0. The molecule has 0 aromatic heterocycles. The summed E-state index contributed by atoms with van der Waals surface area (Å²) in [5.41, 5.74) is 17.7. The Balaban J connectivity index is 1.14. The number of rotatable bonds is 7. The van der Waals surface area contributed by atoms with E-state index >= 15 is 0 Å². The third-order valence-electron chi connectivity index (χ3n) is 13.6. The van der Waals surface area contributed by atoms with Gasteiger partial charge in [0.25, 0.3) is 0 Å². The summed E-state index contributed by atoms with van der Waals surface area (Å²) >= 11 is 0. The zero-order valence-corrected chi connectivity index (χ0v) is 35.1. The molecule has 296 valence electrons. The Hall–Kier alpha value is -8.00. The number of hydrogen-bond donors (Lipinski definition) is 0. The van der Waals surface area contributed by atoms with Crippen LogP contribution in [0.2, 0.25) is 0 Å². The van der Waals surface area contributed by atoms with E-state index in [4.69, 9.17) is 0 Å². The third kappa shape index (κ3) is 5.43. The lowest BCUT2D eigenvalue weighted by atomic mass is 9.69. The van der Waals surface area contributed by atoms with Crippen LogP contribution in [0.5, 0.6) is 0 Å². The smallest absolute Gasteiger partial charge is 0.0726 e. The Labute approximate surface area is 368 Å². The topological polar surface area (TPSA) is 3.24 Å². The second-order valence-electron chi connectivity index (χ2n) is 16.7. The van der Waals surface area contributed by atoms with Gasteiger partial charge in [-0.25, -0.2) is 0 Å². The van der Waals surface area contributed by atoms with Gasteiger partial charge in [-0.15, -0.1) is 0 Å². The standard InChI is InChI=1S/C62H43N/c1-3-19-58-46(4-2)56-37-35-45(40-61(56)62(58)59-32-16-14-30-54(59)55-31-15-17-33-60(55)62)63(43-23-18-22-42(38-43)48-25-9-8-24-47(48)41-20-6-5-7-21-41)44-34-36-53-51-28-11-10-26-49(51)50-27-12-13-29-52(50)57(53)39-44/h3-40H,2H2,1H3/b19-3-. The molecule has 2 aliphatic carbocycles. The summed E-state index contributed by atoms with van der Waals surface area (Å²) in [4.78, 5) is 2.47.